The zero-order chi connectivity index (χ0) is 23.9. The van der Waals surface area contributed by atoms with Gasteiger partial charge in [-0.1, -0.05) is 38.0 Å². The minimum atomic E-state index is -0.818. The van der Waals surface area contributed by atoms with Crippen LogP contribution >= 0.6 is 0 Å². The van der Waals surface area contributed by atoms with E-state index in [0.29, 0.717) is 12.2 Å². The highest BCUT2D eigenvalue weighted by atomic mass is 19.2. The largest absolute Gasteiger partial charge is 0.491 e. The van der Waals surface area contributed by atoms with Gasteiger partial charge in [-0.05, 0) is 131 Å². The van der Waals surface area contributed by atoms with Crippen LogP contribution in [0.25, 0.3) is 0 Å². The molecule has 0 heterocycles. The number of rotatable bonds is 8. The third kappa shape index (κ3) is 6.43. The SMILES string of the molecule is CCCC1CCC(/C=C/C2CCC(C3CCC(c4ccc(OCC)c(F)c4F)CC3)CC2)CC1. The summed E-state index contributed by atoms with van der Waals surface area (Å²) in [5, 5.41) is 0. The van der Waals surface area contributed by atoms with Gasteiger partial charge in [0.05, 0.1) is 6.61 Å². The molecule has 190 valence electrons. The number of halogens is 2. The molecule has 0 unspecified atom stereocenters. The molecule has 3 fully saturated rings. The van der Waals surface area contributed by atoms with Crippen LogP contribution in [0.15, 0.2) is 24.3 Å². The van der Waals surface area contributed by atoms with Gasteiger partial charge in [0, 0.05) is 0 Å². The lowest BCUT2D eigenvalue weighted by molar-refractivity contribution is 0.170. The highest BCUT2D eigenvalue weighted by molar-refractivity contribution is 5.33. The van der Waals surface area contributed by atoms with Crippen molar-refractivity contribution in [1.29, 1.82) is 0 Å². The van der Waals surface area contributed by atoms with E-state index >= 15 is 0 Å². The minimum absolute atomic E-state index is 0.0346. The fourth-order valence-electron chi connectivity index (χ4n) is 7.23. The lowest BCUT2D eigenvalue weighted by atomic mass is 9.68. The molecule has 0 saturated heterocycles. The van der Waals surface area contributed by atoms with Gasteiger partial charge in [0.25, 0.3) is 0 Å². The Kier molecular flexibility index (Phi) is 9.48. The van der Waals surface area contributed by atoms with Crippen molar-refractivity contribution in [3.05, 3.63) is 41.5 Å². The highest BCUT2D eigenvalue weighted by Gasteiger charge is 2.32. The molecule has 0 bridgehead atoms. The third-order valence-electron chi connectivity index (χ3n) is 9.32. The van der Waals surface area contributed by atoms with Gasteiger partial charge >= 0.3 is 0 Å². The van der Waals surface area contributed by atoms with Crippen molar-refractivity contribution in [3.63, 3.8) is 0 Å². The molecule has 0 aromatic heterocycles. The van der Waals surface area contributed by atoms with Crippen LogP contribution in [0, 0.1) is 41.2 Å². The van der Waals surface area contributed by atoms with E-state index in [1.807, 2.05) is 0 Å². The quantitative estimate of drug-likeness (QED) is 0.342. The summed E-state index contributed by atoms with van der Waals surface area (Å²) in [5.74, 6) is 2.87. The molecule has 1 aromatic rings. The van der Waals surface area contributed by atoms with Gasteiger partial charge in [-0.15, -0.1) is 0 Å². The first-order chi connectivity index (χ1) is 16.6. The van der Waals surface area contributed by atoms with E-state index in [4.69, 9.17) is 4.74 Å². The second-order valence-electron chi connectivity index (χ2n) is 11.5. The number of benzene rings is 1. The fraction of sp³-hybridized carbons (Fsp3) is 0.742. The molecule has 0 N–H and O–H groups in total. The summed E-state index contributed by atoms with van der Waals surface area (Å²) in [6, 6.07) is 3.36. The van der Waals surface area contributed by atoms with Crippen LogP contribution in [0.5, 0.6) is 5.75 Å². The monoisotopic (exact) mass is 472 g/mol. The Morgan fingerprint density at radius 3 is 1.85 bits per heavy atom. The van der Waals surface area contributed by atoms with Gasteiger partial charge in [-0.25, -0.2) is 4.39 Å². The van der Waals surface area contributed by atoms with Crippen molar-refractivity contribution in [3.8, 4) is 5.75 Å². The van der Waals surface area contributed by atoms with Gasteiger partial charge < -0.3 is 4.74 Å². The standard InChI is InChI=1S/C31H46F2O/c1-3-5-22-6-8-23(9-7-22)10-11-24-12-14-25(15-13-24)26-16-18-27(19-17-26)28-20-21-29(34-4-2)31(33)30(28)32/h10-11,20-27H,3-9,12-19H2,1-2H3/b11-10+. The normalized spacial score (nSPS) is 32.7. The molecule has 1 aromatic carbocycles. The Morgan fingerprint density at radius 2 is 1.29 bits per heavy atom. The van der Waals surface area contributed by atoms with Crippen LogP contribution in [0.3, 0.4) is 0 Å². The lowest BCUT2D eigenvalue weighted by Crippen LogP contribution is -2.25. The van der Waals surface area contributed by atoms with Crippen LogP contribution in [0.4, 0.5) is 8.78 Å². The Bertz CT molecular complexity index is 779. The molecule has 3 saturated carbocycles. The Hall–Kier alpha value is -1.38. The second kappa shape index (κ2) is 12.5. The highest BCUT2D eigenvalue weighted by Crippen LogP contribution is 2.45. The Labute approximate surface area is 206 Å². The summed E-state index contributed by atoms with van der Waals surface area (Å²) in [5.41, 5.74) is 0.553. The van der Waals surface area contributed by atoms with Crippen molar-refractivity contribution in [2.24, 2.45) is 29.6 Å². The van der Waals surface area contributed by atoms with Crippen molar-refractivity contribution >= 4 is 0 Å². The maximum atomic E-state index is 14.7. The molecule has 4 rings (SSSR count). The summed E-state index contributed by atoms with van der Waals surface area (Å²) in [6.45, 7) is 4.45. The summed E-state index contributed by atoms with van der Waals surface area (Å²) >= 11 is 0. The first-order valence-corrected chi connectivity index (χ1v) is 14.4. The van der Waals surface area contributed by atoms with Gasteiger partial charge in [0.2, 0.25) is 5.82 Å². The van der Waals surface area contributed by atoms with Gasteiger partial charge in [-0.3, -0.25) is 0 Å². The minimum Gasteiger partial charge on any atom is -0.491 e. The lowest BCUT2D eigenvalue weighted by Gasteiger charge is -2.37. The topological polar surface area (TPSA) is 9.23 Å². The van der Waals surface area contributed by atoms with Crippen LogP contribution in [-0.4, -0.2) is 6.61 Å². The zero-order valence-corrected chi connectivity index (χ0v) is 21.5. The molecule has 0 aliphatic heterocycles. The molecule has 1 nitrogen and oxygen atoms in total. The molecule has 3 heteroatoms. The van der Waals surface area contributed by atoms with Gasteiger partial charge in [-0.2, -0.15) is 4.39 Å². The summed E-state index contributed by atoms with van der Waals surface area (Å²) in [7, 11) is 0. The van der Waals surface area contributed by atoms with Crippen LogP contribution in [0.1, 0.15) is 115 Å². The van der Waals surface area contributed by atoms with E-state index < -0.39 is 11.6 Å². The number of allylic oxidation sites excluding steroid dienone is 2. The molecule has 0 atom stereocenters. The van der Waals surface area contributed by atoms with Crippen LogP contribution in [0.2, 0.25) is 0 Å². The third-order valence-corrected chi connectivity index (χ3v) is 9.32. The maximum absolute atomic E-state index is 14.7. The van der Waals surface area contributed by atoms with Crippen LogP contribution in [-0.2, 0) is 0 Å². The summed E-state index contributed by atoms with van der Waals surface area (Å²) in [4.78, 5) is 0. The second-order valence-corrected chi connectivity index (χ2v) is 11.5. The van der Waals surface area contributed by atoms with E-state index in [2.05, 4.69) is 19.1 Å². The smallest absolute Gasteiger partial charge is 0.200 e. The van der Waals surface area contributed by atoms with E-state index in [1.165, 1.54) is 64.2 Å². The molecule has 0 spiro atoms. The number of ether oxygens (including phenoxy) is 1. The molecule has 3 aliphatic carbocycles. The van der Waals surface area contributed by atoms with E-state index in [1.54, 1.807) is 19.1 Å². The van der Waals surface area contributed by atoms with E-state index in [-0.39, 0.29) is 11.7 Å². The maximum Gasteiger partial charge on any atom is 0.200 e. The van der Waals surface area contributed by atoms with E-state index in [9.17, 15) is 8.78 Å². The molecule has 0 amide bonds. The zero-order valence-electron chi connectivity index (χ0n) is 21.5. The van der Waals surface area contributed by atoms with Crippen molar-refractivity contribution in [1.82, 2.24) is 0 Å². The van der Waals surface area contributed by atoms with Crippen LogP contribution < -0.4 is 4.74 Å². The average Bonchev–Trinajstić information content (AvgIpc) is 2.87. The predicted octanol–water partition coefficient (Wildman–Crippen LogP) is 9.61. The van der Waals surface area contributed by atoms with Gasteiger partial charge in [0.1, 0.15) is 0 Å². The predicted molar refractivity (Wildman–Crippen MR) is 137 cm³/mol. The molecule has 3 aliphatic rings. The molecule has 0 radical (unpaired) electrons. The molecular weight excluding hydrogens is 426 g/mol. The summed E-state index contributed by atoms with van der Waals surface area (Å²) in [6.07, 6.45) is 23.2. The fourth-order valence-corrected chi connectivity index (χ4v) is 7.23. The Balaban J connectivity index is 1.20. The van der Waals surface area contributed by atoms with Crippen molar-refractivity contribution in [2.45, 2.75) is 110 Å². The van der Waals surface area contributed by atoms with Gasteiger partial charge in [0.15, 0.2) is 11.6 Å². The average molecular weight is 473 g/mol. The molecular formula is C31H46F2O. The Morgan fingerprint density at radius 1 is 0.735 bits per heavy atom. The number of hydrogen-bond acceptors (Lipinski definition) is 1. The van der Waals surface area contributed by atoms with Crippen molar-refractivity contribution in [2.75, 3.05) is 6.61 Å². The first-order valence-electron chi connectivity index (χ1n) is 14.4. The summed E-state index contributed by atoms with van der Waals surface area (Å²) < 4.78 is 34.2. The van der Waals surface area contributed by atoms with E-state index in [0.717, 1.165) is 55.3 Å². The first kappa shape index (κ1) is 25.7. The van der Waals surface area contributed by atoms with Crippen molar-refractivity contribution < 1.29 is 13.5 Å². The molecule has 34 heavy (non-hydrogen) atoms. The number of hydrogen-bond donors (Lipinski definition) is 0.